The molecule has 1 aliphatic carbocycles. The quantitative estimate of drug-likeness (QED) is 0.639. The van der Waals surface area contributed by atoms with E-state index in [9.17, 15) is 9.18 Å². The second-order valence-corrected chi connectivity index (χ2v) is 7.35. The zero-order chi connectivity index (χ0) is 16.2. The van der Waals surface area contributed by atoms with Gasteiger partial charge in [0.15, 0.2) is 0 Å². The molecule has 1 aromatic carbocycles. The maximum absolute atomic E-state index is 14.4. The van der Waals surface area contributed by atoms with Gasteiger partial charge in [-0.2, -0.15) is 0 Å². The van der Waals surface area contributed by atoms with Gasteiger partial charge in [0.25, 0.3) is 5.91 Å². The second-order valence-electron chi connectivity index (χ2n) is 7.35. The van der Waals surface area contributed by atoms with Crippen LogP contribution in [0.15, 0.2) is 12.1 Å². The third-order valence-corrected chi connectivity index (χ3v) is 5.91. The standard InChI is InChI=1S/C17H22FN3O2/c1-20-9-17(10-20)4-2-15(17)21-5-3-11-6-12(16(22)19-23)7-14(18)13(11)8-21/h6-7,15,23H,2-5,8-10H2,1H3,(H,19,22). The SMILES string of the molecule is CN1CC2(CCC2N2CCc3cc(C(=O)NO)cc(F)c3C2)C1. The number of hydrogen-bond acceptors (Lipinski definition) is 4. The number of benzene rings is 1. The number of hydroxylamine groups is 1. The van der Waals surface area contributed by atoms with Gasteiger partial charge in [-0.1, -0.05) is 0 Å². The molecule has 1 amide bonds. The Hall–Kier alpha value is -1.50. The Balaban J connectivity index is 1.55. The van der Waals surface area contributed by atoms with Crippen molar-refractivity contribution in [3.8, 4) is 0 Å². The van der Waals surface area contributed by atoms with Crippen LogP contribution in [0.1, 0.15) is 34.3 Å². The lowest BCUT2D eigenvalue weighted by atomic mass is 9.59. The summed E-state index contributed by atoms with van der Waals surface area (Å²) in [6.45, 7) is 3.84. The van der Waals surface area contributed by atoms with Crippen LogP contribution in [0.3, 0.4) is 0 Å². The van der Waals surface area contributed by atoms with E-state index >= 15 is 0 Å². The van der Waals surface area contributed by atoms with E-state index in [0.717, 1.165) is 31.6 Å². The lowest BCUT2D eigenvalue weighted by Crippen LogP contribution is -2.70. The lowest BCUT2D eigenvalue weighted by Gasteiger charge is -2.63. The molecule has 5 nitrogen and oxygen atoms in total. The molecule has 1 unspecified atom stereocenters. The molecule has 1 aromatic rings. The van der Waals surface area contributed by atoms with Crippen LogP contribution < -0.4 is 5.48 Å². The summed E-state index contributed by atoms with van der Waals surface area (Å²) in [5.74, 6) is -1.01. The molecular formula is C17H22FN3O2. The van der Waals surface area contributed by atoms with E-state index in [-0.39, 0.29) is 11.4 Å². The van der Waals surface area contributed by atoms with Crippen LogP contribution >= 0.6 is 0 Å². The average Bonchev–Trinajstić information content (AvgIpc) is 2.50. The summed E-state index contributed by atoms with van der Waals surface area (Å²) in [5, 5.41) is 8.72. The van der Waals surface area contributed by atoms with E-state index in [4.69, 9.17) is 5.21 Å². The first-order chi connectivity index (χ1) is 11.0. The fourth-order valence-corrected chi connectivity index (χ4v) is 4.75. The summed E-state index contributed by atoms with van der Waals surface area (Å²) >= 11 is 0. The maximum atomic E-state index is 14.4. The van der Waals surface area contributed by atoms with Gasteiger partial charge in [0.2, 0.25) is 0 Å². The Morgan fingerprint density at radius 1 is 1.43 bits per heavy atom. The van der Waals surface area contributed by atoms with Crippen molar-refractivity contribution >= 4 is 5.91 Å². The molecule has 124 valence electrons. The van der Waals surface area contributed by atoms with Crippen molar-refractivity contribution in [3.05, 3.63) is 34.6 Å². The van der Waals surface area contributed by atoms with Gasteiger partial charge < -0.3 is 4.90 Å². The normalized spacial score (nSPS) is 26.3. The first-order valence-corrected chi connectivity index (χ1v) is 8.21. The van der Waals surface area contributed by atoms with Gasteiger partial charge in [-0.05, 0) is 44.0 Å². The number of carbonyl (C=O) groups excluding carboxylic acids is 1. The van der Waals surface area contributed by atoms with Crippen LogP contribution in [-0.4, -0.2) is 53.6 Å². The van der Waals surface area contributed by atoms with Crippen LogP contribution in [0.25, 0.3) is 0 Å². The van der Waals surface area contributed by atoms with Gasteiger partial charge in [-0.25, -0.2) is 9.87 Å². The Labute approximate surface area is 135 Å². The van der Waals surface area contributed by atoms with Crippen molar-refractivity contribution in [1.82, 2.24) is 15.3 Å². The van der Waals surface area contributed by atoms with Gasteiger partial charge in [-0.15, -0.1) is 0 Å². The molecule has 1 atom stereocenters. The second kappa shape index (κ2) is 5.26. The topological polar surface area (TPSA) is 55.8 Å². The molecule has 2 fully saturated rings. The Kier molecular flexibility index (Phi) is 3.44. The first kappa shape index (κ1) is 15.1. The van der Waals surface area contributed by atoms with Crippen molar-refractivity contribution in [2.75, 3.05) is 26.7 Å². The molecule has 1 spiro atoms. The van der Waals surface area contributed by atoms with E-state index in [0.29, 0.717) is 23.6 Å². The molecule has 4 rings (SSSR count). The molecular weight excluding hydrogens is 297 g/mol. The molecule has 1 saturated carbocycles. The van der Waals surface area contributed by atoms with Crippen molar-refractivity contribution in [2.45, 2.75) is 31.8 Å². The summed E-state index contributed by atoms with van der Waals surface area (Å²) < 4.78 is 14.4. The highest BCUT2D eigenvalue weighted by Crippen LogP contribution is 2.51. The molecule has 3 aliphatic rings. The van der Waals surface area contributed by atoms with Crippen LogP contribution in [0.4, 0.5) is 4.39 Å². The minimum absolute atomic E-state index is 0.179. The maximum Gasteiger partial charge on any atom is 0.274 e. The van der Waals surface area contributed by atoms with E-state index < -0.39 is 5.91 Å². The number of hydrogen-bond donors (Lipinski definition) is 2. The number of halogens is 1. The first-order valence-electron chi connectivity index (χ1n) is 8.21. The Morgan fingerprint density at radius 3 is 2.83 bits per heavy atom. The third kappa shape index (κ3) is 2.28. The third-order valence-electron chi connectivity index (χ3n) is 5.91. The predicted molar refractivity (Wildman–Crippen MR) is 82.7 cm³/mol. The number of fused-ring (bicyclic) bond motifs is 1. The van der Waals surface area contributed by atoms with Crippen molar-refractivity contribution in [3.63, 3.8) is 0 Å². The number of amides is 1. The van der Waals surface area contributed by atoms with Gasteiger partial charge in [0, 0.05) is 48.8 Å². The minimum atomic E-state index is -0.662. The summed E-state index contributed by atoms with van der Waals surface area (Å²) in [6.07, 6.45) is 3.24. The van der Waals surface area contributed by atoms with E-state index in [1.165, 1.54) is 18.9 Å². The van der Waals surface area contributed by atoms with Gasteiger partial charge >= 0.3 is 0 Å². The molecule has 0 aromatic heterocycles. The highest BCUT2D eigenvalue weighted by Gasteiger charge is 2.55. The highest BCUT2D eigenvalue weighted by molar-refractivity contribution is 5.93. The predicted octanol–water partition coefficient (Wildman–Crippen LogP) is 1.40. The zero-order valence-electron chi connectivity index (χ0n) is 13.3. The number of likely N-dealkylation sites (tertiary alicyclic amines) is 1. The molecule has 2 N–H and O–H groups in total. The molecule has 2 aliphatic heterocycles. The molecule has 6 heteroatoms. The monoisotopic (exact) mass is 319 g/mol. The molecule has 0 bridgehead atoms. The lowest BCUT2D eigenvalue weighted by molar-refractivity contribution is -0.126. The Morgan fingerprint density at radius 2 is 2.22 bits per heavy atom. The Bertz CT molecular complexity index is 657. The van der Waals surface area contributed by atoms with Gasteiger partial charge in [0.1, 0.15) is 5.82 Å². The number of nitrogens with one attached hydrogen (secondary N) is 1. The minimum Gasteiger partial charge on any atom is -0.305 e. The van der Waals surface area contributed by atoms with Gasteiger partial charge in [0.05, 0.1) is 0 Å². The van der Waals surface area contributed by atoms with Crippen molar-refractivity contribution in [2.24, 2.45) is 5.41 Å². The van der Waals surface area contributed by atoms with Crippen LogP contribution in [0.2, 0.25) is 0 Å². The van der Waals surface area contributed by atoms with Crippen LogP contribution in [0.5, 0.6) is 0 Å². The zero-order valence-corrected chi connectivity index (χ0v) is 13.3. The molecule has 0 radical (unpaired) electrons. The number of nitrogens with zero attached hydrogens (tertiary/aromatic N) is 2. The van der Waals surface area contributed by atoms with E-state index in [1.54, 1.807) is 11.5 Å². The van der Waals surface area contributed by atoms with Crippen molar-refractivity contribution in [1.29, 1.82) is 0 Å². The van der Waals surface area contributed by atoms with E-state index in [1.807, 2.05) is 0 Å². The smallest absolute Gasteiger partial charge is 0.274 e. The fraction of sp³-hybridized carbons (Fsp3) is 0.588. The fourth-order valence-electron chi connectivity index (χ4n) is 4.75. The molecule has 2 heterocycles. The highest BCUT2D eigenvalue weighted by atomic mass is 19.1. The van der Waals surface area contributed by atoms with Gasteiger partial charge in [-0.3, -0.25) is 14.9 Å². The largest absolute Gasteiger partial charge is 0.305 e. The summed E-state index contributed by atoms with van der Waals surface area (Å²) in [5.41, 5.74) is 3.78. The van der Waals surface area contributed by atoms with Crippen LogP contribution in [-0.2, 0) is 13.0 Å². The van der Waals surface area contributed by atoms with Crippen molar-refractivity contribution < 1.29 is 14.4 Å². The summed E-state index contributed by atoms with van der Waals surface area (Å²) in [4.78, 5) is 16.3. The molecule has 23 heavy (non-hydrogen) atoms. The molecule has 1 saturated heterocycles. The summed E-state index contributed by atoms with van der Waals surface area (Å²) in [7, 11) is 2.15. The average molecular weight is 319 g/mol. The van der Waals surface area contributed by atoms with E-state index in [2.05, 4.69) is 16.8 Å². The number of carbonyl (C=O) groups is 1. The summed E-state index contributed by atoms with van der Waals surface area (Å²) in [6, 6.07) is 3.49. The van der Waals surface area contributed by atoms with Crippen LogP contribution in [0, 0.1) is 11.2 Å². The number of rotatable bonds is 2.